The minimum Gasteiger partial charge on any atom is -0.497 e. The molecule has 1 unspecified atom stereocenters. The van der Waals surface area contributed by atoms with Crippen molar-refractivity contribution in [3.63, 3.8) is 0 Å². The first-order chi connectivity index (χ1) is 13.9. The molecular weight excluding hydrogens is 375 g/mol. The number of carbonyl (C=O) groups is 1. The highest BCUT2D eigenvalue weighted by molar-refractivity contribution is 5.99. The predicted molar refractivity (Wildman–Crippen MR) is 107 cm³/mol. The summed E-state index contributed by atoms with van der Waals surface area (Å²) >= 11 is 0. The van der Waals surface area contributed by atoms with Crippen molar-refractivity contribution in [1.29, 1.82) is 0 Å². The third-order valence-electron chi connectivity index (χ3n) is 5.16. The second kappa shape index (κ2) is 7.33. The predicted octanol–water partition coefficient (Wildman–Crippen LogP) is 3.05. The summed E-state index contributed by atoms with van der Waals surface area (Å²) in [5, 5.41) is 0.327. The first-order valence-electron chi connectivity index (χ1n) is 9.27. The fraction of sp³-hybridized carbons (Fsp3) is 0.273. The molecule has 1 amide bonds. The zero-order valence-corrected chi connectivity index (χ0v) is 16.4. The molecule has 1 aliphatic rings. The first kappa shape index (κ1) is 19.1. The van der Waals surface area contributed by atoms with Gasteiger partial charge in [0.05, 0.1) is 24.1 Å². The molecule has 150 valence electrons. The molecule has 7 heteroatoms. The second-order valence-electron chi connectivity index (χ2n) is 7.26. The molecular formula is C22H21FN2O4. The molecule has 2 aromatic carbocycles. The van der Waals surface area contributed by atoms with E-state index < -0.39 is 17.8 Å². The monoisotopic (exact) mass is 396 g/mol. The molecule has 1 aliphatic heterocycles. The molecule has 0 N–H and O–H groups in total. The SMILES string of the molecule is COc1ccc2c(=O)c3c(oc2c1)C(=O)N(CCN(C)C)C3c1ccccc1F. The Bertz CT molecular complexity index is 1160. The van der Waals surface area contributed by atoms with Crippen molar-refractivity contribution in [3.8, 4) is 5.75 Å². The summed E-state index contributed by atoms with van der Waals surface area (Å²) in [5.74, 6) is -0.414. The largest absolute Gasteiger partial charge is 0.497 e. The van der Waals surface area contributed by atoms with Crippen molar-refractivity contribution in [2.75, 3.05) is 34.3 Å². The van der Waals surface area contributed by atoms with Gasteiger partial charge in [-0.3, -0.25) is 9.59 Å². The van der Waals surface area contributed by atoms with Gasteiger partial charge in [-0.2, -0.15) is 0 Å². The normalized spacial score (nSPS) is 16.0. The highest BCUT2D eigenvalue weighted by Crippen LogP contribution is 2.39. The number of hydrogen-bond donors (Lipinski definition) is 0. The Morgan fingerprint density at radius 2 is 1.93 bits per heavy atom. The lowest BCUT2D eigenvalue weighted by Crippen LogP contribution is -2.35. The highest BCUT2D eigenvalue weighted by atomic mass is 19.1. The maximum atomic E-state index is 14.7. The van der Waals surface area contributed by atoms with Crippen LogP contribution in [0.15, 0.2) is 51.7 Å². The number of likely N-dealkylation sites (N-methyl/N-ethyl adjacent to an activating group) is 1. The van der Waals surface area contributed by atoms with E-state index in [9.17, 15) is 14.0 Å². The van der Waals surface area contributed by atoms with E-state index in [0.29, 0.717) is 24.2 Å². The van der Waals surface area contributed by atoms with Crippen LogP contribution in [0.25, 0.3) is 11.0 Å². The zero-order chi connectivity index (χ0) is 20.7. The third-order valence-corrected chi connectivity index (χ3v) is 5.16. The van der Waals surface area contributed by atoms with Gasteiger partial charge in [-0.15, -0.1) is 0 Å². The fourth-order valence-electron chi connectivity index (χ4n) is 3.68. The van der Waals surface area contributed by atoms with Crippen LogP contribution < -0.4 is 10.2 Å². The van der Waals surface area contributed by atoms with Crippen LogP contribution in [0.5, 0.6) is 5.75 Å². The van der Waals surface area contributed by atoms with Gasteiger partial charge in [0.1, 0.15) is 17.1 Å². The van der Waals surface area contributed by atoms with Gasteiger partial charge in [-0.25, -0.2) is 4.39 Å². The van der Waals surface area contributed by atoms with Crippen molar-refractivity contribution in [3.05, 3.63) is 75.4 Å². The Labute approximate surface area is 167 Å². The summed E-state index contributed by atoms with van der Waals surface area (Å²) in [5.41, 5.74) is 0.385. The van der Waals surface area contributed by atoms with Crippen molar-refractivity contribution in [2.24, 2.45) is 0 Å². The molecule has 0 radical (unpaired) electrons. The van der Waals surface area contributed by atoms with Gasteiger partial charge in [-0.1, -0.05) is 18.2 Å². The number of carbonyl (C=O) groups excluding carboxylic acids is 1. The van der Waals surface area contributed by atoms with E-state index in [0.717, 1.165) is 0 Å². The van der Waals surface area contributed by atoms with Gasteiger partial charge in [0.2, 0.25) is 5.76 Å². The number of rotatable bonds is 5. The van der Waals surface area contributed by atoms with E-state index in [1.807, 2.05) is 19.0 Å². The van der Waals surface area contributed by atoms with E-state index in [4.69, 9.17) is 9.15 Å². The van der Waals surface area contributed by atoms with Crippen LogP contribution in [-0.4, -0.2) is 50.0 Å². The Balaban J connectivity index is 1.96. The van der Waals surface area contributed by atoms with Crippen LogP contribution in [-0.2, 0) is 0 Å². The number of benzene rings is 2. The molecule has 0 saturated carbocycles. The van der Waals surface area contributed by atoms with E-state index in [2.05, 4.69) is 0 Å². The highest BCUT2D eigenvalue weighted by Gasteiger charge is 2.43. The third kappa shape index (κ3) is 3.17. The summed E-state index contributed by atoms with van der Waals surface area (Å²) < 4.78 is 25.7. The van der Waals surface area contributed by atoms with Crippen LogP contribution in [0.1, 0.15) is 27.7 Å². The smallest absolute Gasteiger partial charge is 0.290 e. The van der Waals surface area contributed by atoms with E-state index in [1.54, 1.807) is 36.4 Å². The number of nitrogens with zero attached hydrogens (tertiary/aromatic N) is 2. The van der Waals surface area contributed by atoms with Gasteiger partial charge in [0, 0.05) is 24.7 Å². The summed E-state index contributed by atoms with van der Waals surface area (Å²) in [6.45, 7) is 0.889. The van der Waals surface area contributed by atoms with E-state index in [-0.39, 0.29) is 27.9 Å². The van der Waals surface area contributed by atoms with Gasteiger partial charge in [-0.05, 0) is 32.3 Å². The molecule has 4 rings (SSSR count). The molecule has 3 aromatic rings. The Kier molecular flexibility index (Phi) is 4.84. The standard InChI is InChI=1S/C22H21FN2O4/c1-24(2)10-11-25-19(14-6-4-5-7-16(14)23)18-20(26)15-9-8-13(28-3)12-17(15)29-21(18)22(25)27/h4-9,12,19H,10-11H2,1-3H3. The lowest BCUT2D eigenvalue weighted by Gasteiger charge is -2.26. The van der Waals surface area contributed by atoms with Crippen molar-refractivity contribution in [1.82, 2.24) is 9.80 Å². The van der Waals surface area contributed by atoms with Crippen molar-refractivity contribution in [2.45, 2.75) is 6.04 Å². The first-order valence-corrected chi connectivity index (χ1v) is 9.27. The molecule has 1 atom stereocenters. The molecule has 0 bridgehead atoms. The number of ether oxygens (including phenoxy) is 1. The molecule has 1 aromatic heterocycles. The topological polar surface area (TPSA) is 63.0 Å². The summed E-state index contributed by atoms with van der Waals surface area (Å²) in [6, 6.07) is 10.2. The molecule has 29 heavy (non-hydrogen) atoms. The summed E-state index contributed by atoms with van der Waals surface area (Å²) in [7, 11) is 5.28. The zero-order valence-electron chi connectivity index (χ0n) is 16.4. The number of methoxy groups -OCH3 is 1. The second-order valence-corrected chi connectivity index (χ2v) is 7.26. The van der Waals surface area contributed by atoms with Crippen molar-refractivity contribution >= 4 is 16.9 Å². The number of halogens is 1. The van der Waals surface area contributed by atoms with Crippen molar-refractivity contribution < 1.29 is 18.3 Å². The molecule has 0 saturated heterocycles. The molecule has 6 nitrogen and oxygen atoms in total. The number of fused-ring (bicyclic) bond motifs is 2. The van der Waals surface area contributed by atoms with Gasteiger partial charge in [0.15, 0.2) is 5.43 Å². The van der Waals surface area contributed by atoms with Gasteiger partial charge < -0.3 is 19.0 Å². The fourth-order valence-corrected chi connectivity index (χ4v) is 3.68. The molecule has 2 heterocycles. The Morgan fingerprint density at radius 1 is 1.17 bits per heavy atom. The molecule has 0 spiro atoms. The Hall–Kier alpha value is -3.19. The van der Waals surface area contributed by atoms with Gasteiger partial charge in [0.25, 0.3) is 5.91 Å². The minimum atomic E-state index is -0.832. The number of hydrogen-bond acceptors (Lipinski definition) is 5. The van der Waals surface area contributed by atoms with E-state index in [1.165, 1.54) is 18.1 Å². The van der Waals surface area contributed by atoms with Crippen LogP contribution in [0.2, 0.25) is 0 Å². The van der Waals surface area contributed by atoms with Gasteiger partial charge >= 0.3 is 0 Å². The van der Waals surface area contributed by atoms with Crippen LogP contribution in [0, 0.1) is 5.82 Å². The number of amides is 1. The minimum absolute atomic E-state index is 0.0391. The summed E-state index contributed by atoms with van der Waals surface area (Å²) in [6.07, 6.45) is 0. The maximum absolute atomic E-state index is 14.7. The quantitative estimate of drug-likeness (QED) is 0.663. The van der Waals surface area contributed by atoms with E-state index >= 15 is 0 Å². The van der Waals surface area contributed by atoms with Crippen LogP contribution in [0.4, 0.5) is 4.39 Å². The maximum Gasteiger partial charge on any atom is 0.290 e. The molecule has 0 aliphatic carbocycles. The lowest BCUT2D eigenvalue weighted by molar-refractivity contribution is 0.0714. The summed E-state index contributed by atoms with van der Waals surface area (Å²) in [4.78, 5) is 29.9. The average Bonchev–Trinajstić information content (AvgIpc) is 2.98. The van der Waals surface area contributed by atoms with Crippen LogP contribution >= 0.6 is 0 Å². The lowest BCUT2D eigenvalue weighted by atomic mass is 9.98. The average molecular weight is 396 g/mol. The van der Waals surface area contributed by atoms with Crippen LogP contribution in [0.3, 0.4) is 0 Å². The molecule has 0 fully saturated rings. The Morgan fingerprint density at radius 3 is 2.62 bits per heavy atom.